The molecule has 96 valence electrons. The van der Waals surface area contributed by atoms with Crippen LogP contribution in [0.15, 0.2) is 28.6 Å². The van der Waals surface area contributed by atoms with Crippen LogP contribution in [0.3, 0.4) is 0 Å². The molecule has 1 aromatic carbocycles. The van der Waals surface area contributed by atoms with Gasteiger partial charge < -0.3 is 4.74 Å². The van der Waals surface area contributed by atoms with Gasteiger partial charge in [0.05, 0.1) is 7.11 Å². The van der Waals surface area contributed by atoms with E-state index in [-0.39, 0.29) is 10.9 Å². The average Bonchev–Trinajstić information content (AvgIpc) is 2.80. The molecule has 0 amide bonds. The Labute approximate surface area is 106 Å². The predicted octanol–water partition coefficient (Wildman–Crippen LogP) is 1.49. The molecule has 0 aliphatic heterocycles. The second kappa shape index (κ2) is 4.86. The molecule has 0 saturated carbocycles. The molecule has 0 radical (unpaired) electrons. The fourth-order valence-electron chi connectivity index (χ4n) is 1.21. The van der Waals surface area contributed by atoms with Crippen molar-refractivity contribution in [3.8, 4) is 5.75 Å². The normalized spacial score (nSPS) is 11.2. The number of methoxy groups -OCH3 is 1. The molecule has 0 fully saturated rings. The third kappa shape index (κ3) is 2.57. The predicted molar refractivity (Wildman–Crippen MR) is 63.7 cm³/mol. The van der Waals surface area contributed by atoms with E-state index in [2.05, 4.69) is 14.9 Å². The lowest BCUT2D eigenvalue weighted by Crippen LogP contribution is -2.14. The molecule has 0 bridgehead atoms. The largest absolute Gasteiger partial charge is 0.497 e. The van der Waals surface area contributed by atoms with Crippen LogP contribution in [0.1, 0.15) is 0 Å². The maximum absolute atomic E-state index is 13.6. The number of aromatic nitrogens is 2. The Bertz CT molecular complexity index is 643. The third-order valence-corrected chi connectivity index (χ3v) is 4.12. The molecule has 0 aliphatic carbocycles. The van der Waals surface area contributed by atoms with Gasteiger partial charge >= 0.3 is 0 Å². The van der Waals surface area contributed by atoms with E-state index in [0.29, 0.717) is 0 Å². The second-order valence-corrected chi connectivity index (χ2v) is 5.63. The topological polar surface area (TPSA) is 81.2 Å². The van der Waals surface area contributed by atoms with E-state index in [1.165, 1.54) is 18.7 Å². The van der Waals surface area contributed by atoms with Crippen molar-refractivity contribution in [2.45, 2.75) is 4.90 Å². The molecular formula is C9H8FN3O3S2. The summed E-state index contributed by atoms with van der Waals surface area (Å²) in [4.78, 5) is -0.474. The van der Waals surface area contributed by atoms with Gasteiger partial charge in [-0.15, -0.1) is 10.2 Å². The summed E-state index contributed by atoms with van der Waals surface area (Å²) >= 11 is 0.998. The van der Waals surface area contributed by atoms with Crippen LogP contribution in [0.5, 0.6) is 5.75 Å². The number of sulfonamides is 1. The first-order chi connectivity index (χ1) is 8.53. The van der Waals surface area contributed by atoms with E-state index in [0.717, 1.165) is 23.5 Å². The van der Waals surface area contributed by atoms with Crippen LogP contribution >= 0.6 is 11.3 Å². The molecule has 0 spiro atoms. The Morgan fingerprint density at radius 3 is 2.78 bits per heavy atom. The molecule has 1 heterocycles. The number of benzene rings is 1. The zero-order valence-corrected chi connectivity index (χ0v) is 10.8. The highest BCUT2D eigenvalue weighted by Gasteiger charge is 2.20. The first kappa shape index (κ1) is 12.7. The van der Waals surface area contributed by atoms with E-state index in [1.807, 2.05) is 0 Å². The van der Waals surface area contributed by atoms with Crippen LogP contribution in [-0.4, -0.2) is 25.7 Å². The average molecular weight is 289 g/mol. The van der Waals surface area contributed by atoms with Gasteiger partial charge in [0.2, 0.25) is 5.13 Å². The zero-order valence-electron chi connectivity index (χ0n) is 9.12. The molecular weight excluding hydrogens is 281 g/mol. The Balaban J connectivity index is 2.35. The summed E-state index contributed by atoms with van der Waals surface area (Å²) in [6.45, 7) is 0. The molecule has 0 unspecified atom stereocenters. The van der Waals surface area contributed by atoms with Gasteiger partial charge in [0.15, 0.2) is 0 Å². The van der Waals surface area contributed by atoms with Crippen molar-refractivity contribution in [1.29, 1.82) is 0 Å². The van der Waals surface area contributed by atoms with Crippen molar-refractivity contribution < 1.29 is 17.5 Å². The molecule has 1 aromatic heterocycles. The standard InChI is InChI=1S/C9H8FN3O3S2/c1-16-6-2-3-8(7(10)4-6)18(14,15)13-9-12-11-5-17-9/h2-5H,1H3,(H,12,13). The number of halogens is 1. The zero-order chi connectivity index (χ0) is 13.2. The molecule has 18 heavy (non-hydrogen) atoms. The monoisotopic (exact) mass is 289 g/mol. The van der Waals surface area contributed by atoms with Crippen LogP contribution in [-0.2, 0) is 10.0 Å². The van der Waals surface area contributed by atoms with Crippen molar-refractivity contribution in [3.05, 3.63) is 29.5 Å². The first-order valence-electron chi connectivity index (χ1n) is 4.65. The number of nitrogens with one attached hydrogen (secondary N) is 1. The number of ether oxygens (including phenoxy) is 1. The van der Waals surface area contributed by atoms with E-state index >= 15 is 0 Å². The molecule has 0 saturated heterocycles. The van der Waals surface area contributed by atoms with Gasteiger partial charge in [0.1, 0.15) is 22.0 Å². The number of hydrogen-bond donors (Lipinski definition) is 1. The summed E-state index contributed by atoms with van der Waals surface area (Å²) in [5.41, 5.74) is 1.36. The summed E-state index contributed by atoms with van der Waals surface area (Å²) in [5.74, 6) is -0.659. The molecule has 0 aliphatic rings. The summed E-state index contributed by atoms with van der Waals surface area (Å²) in [7, 11) is -2.65. The van der Waals surface area contributed by atoms with Gasteiger partial charge in [-0.1, -0.05) is 11.3 Å². The number of anilines is 1. The van der Waals surface area contributed by atoms with Gasteiger partial charge in [-0.05, 0) is 12.1 Å². The Morgan fingerprint density at radius 2 is 2.22 bits per heavy atom. The molecule has 6 nitrogen and oxygen atoms in total. The number of nitrogens with zero attached hydrogens (tertiary/aromatic N) is 2. The summed E-state index contributed by atoms with van der Waals surface area (Å²) < 4.78 is 44.3. The van der Waals surface area contributed by atoms with Crippen molar-refractivity contribution >= 4 is 26.5 Å². The van der Waals surface area contributed by atoms with Crippen molar-refractivity contribution in [3.63, 3.8) is 0 Å². The second-order valence-electron chi connectivity index (χ2n) is 3.15. The van der Waals surface area contributed by atoms with Crippen molar-refractivity contribution in [2.75, 3.05) is 11.8 Å². The van der Waals surface area contributed by atoms with Crippen molar-refractivity contribution in [1.82, 2.24) is 10.2 Å². The minimum atomic E-state index is -4.01. The highest BCUT2D eigenvalue weighted by atomic mass is 32.2. The Hall–Kier alpha value is -1.74. The smallest absolute Gasteiger partial charge is 0.266 e. The maximum Gasteiger partial charge on any atom is 0.266 e. The van der Waals surface area contributed by atoms with E-state index in [4.69, 9.17) is 4.74 Å². The van der Waals surface area contributed by atoms with Crippen molar-refractivity contribution in [2.24, 2.45) is 0 Å². The van der Waals surface area contributed by atoms with E-state index in [9.17, 15) is 12.8 Å². The van der Waals surface area contributed by atoms with Crippen LogP contribution in [0.2, 0.25) is 0 Å². The molecule has 2 rings (SSSR count). The van der Waals surface area contributed by atoms with E-state index in [1.54, 1.807) is 0 Å². The summed E-state index contributed by atoms with van der Waals surface area (Å²) in [5, 5.41) is 7.07. The number of rotatable bonds is 4. The lowest BCUT2D eigenvalue weighted by Gasteiger charge is -2.07. The summed E-state index contributed by atoms with van der Waals surface area (Å²) in [6, 6.07) is 3.48. The first-order valence-corrected chi connectivity index (χ1v) is 7.02. The van der Waals surface area contributed by atoms with E-state index < -0.39 is 20.7 Å². The maximum atomic E-state index is 13.6. The highest BCUT2D eigenvalue weighted by Crippen LogP contribution is 2.22. The SMILES string of the molecule is COc1ccc(S(=O)(=O)Nc2nncs2)c(F)c1. The van der Waals surface area contributed by atoms with Gasteiger partial charge in [0, 0.05) is 6.07 Å². The quantitative estimate of drug-likeness (QED) is 0.922. The van der Waals surface area contributed by atoms with Gasteiger partial charge in [-0.25, -0.2) is 12.8 Å². The van der Waals surface area contributed by atoms with Crippen LogP contribution in [0.4, 0.5) is 9.52 Å². The summed E-state index contributed by atoms with van der Waals surface area (Å²) in [6.07, 6.45) is 0. The Morgan fingerprint density at radius 1 is 1.44 bits per heavy atom. The lowest BCUT2D eigenvalue weighted by molar-refractivity contribution is 0.410. The lowest BCUT2D eigenvalue weighted by atomic mass is 10.3. The minimum Gasteiger partial charge on any atom is -0.497 e. The van der Waals surface area contributed by atoms with Gasteiger partial charge in [-0.2, -0.15) is 0 Å². The van der Waals surface area contributed by atoms with Gasteiger partial charge in [0.25, 0.3) is 10.0 Å². The molecule has 9 heteroatoms. The minimum absolute atomic E-state index is 0.0743. The van der Waals surface area contributed by atoms with Crippen LogP contribution in [0, 0.1) is 5.82 Å². The molecule has 1 N–H and O–H groups in total. The third-order valence-electron chi connectivity index (χ3n) is 2.01. The number of hydrogen-bond acceptors (Lipinski definition) is 6. The fraction of sp³-hybridized carbons (Fsp3) is 0.111. The van der Waals surface area contributed by atoms with Crippen LogP contribution < -0.4 is 9.46 Å². The molecule has 2 aromatic rings. The molecule has 0 atom stereocenters. The van der Waals surface area contributed by atoms with Gasteiger partial charge in [-0.3, -0.25) is 4.72 Å². The Kier molecular flexibility index (Phi) is 3.43. The van der Waals surface area contributed by atoms with Crippen LogP contribution in [0.25, 0.3) is 0 Å². The fourth-order valence-corrected chi connectivity index (χ4v) is 2.97. The highest BCUT2D eigenvalue weighted by molar-refractivity contribution is 7.93.